The number of anilines is 1. The summed E-state index contributed by atoms with van der Waals surface area (Å²) in [4.78, 5) is 51.5. The Hall–Kier alpha value is -3.65. The lowest BCUT2D eigenvalue weighted by Gasteiger charge is -2.48. The first-order valence-corrected chi connectivity index (χ1v) is 11.4. The number of nitrogen functional groups attached to an aromatic ring is 1. The van der Waals surface area contributed by atoms with E-state index in [1.807, 2.05) is 0 Å². The topological polar surface area (TPSA) is 169 Å². The number of aromatic nitrogens is 2. The van der Waals surface area contributed by atoms with Crippen molar-refractivity contribution in [3.8, 4) is 0 Å². The molecule has 14 heteroatoms. The lowest BCUT2D eigenvalue weighted by molar-refractivity contribution is -0.150. The molecule has 2 aliphatic rings. The number of amides is 2. The Labute approximate surface area is 195 Å². The number of nitrogens with zero attached hydrogens (tertiary/aromatic N) is 4. The first-order valence-electron chi connectivity index (χ1n) is 9.48. The molecular formula is C19H18N6O6S2. The highest BCUT2D eigenvalue weighted by Gasteiger charge is 2.55. The molecule has 2 aromatic rings. The van der Waals surface area contributed by atoms with Crippen LogP contribution in [0.3, 0.4) is 0 Å². The quantitative estimate of drug-likeness (QED) is 0.267. The molecule has 4 heterocycles. The molecule has 2 amide bonds. The van der Waals surface area contributed by atoms with E-state index in [1.54, 1.807) is 24.4 Å². The number of ether oxygens (including phenoxy) is 1. The van der Waals surface area contributed by atoms with Crippen LogP contribution < -0.4 is 11.1 Å². The zero-order chi connectivity index (χ0) is 23.5. The first kappa shape index (κ1) is 22.5. The Bertz CT molecular complexity index is 1150. The van der Waals surface area contributed by atoms with Gasteiger partial charge in [-0.25, -0.2) is 9.78 Å². The molecule has 4 rings (SSSR count). The fraction of sp³-hybridized carbons (Fsp3) is 0.263. The van der Waals surface area contributed by atoms with E-state index in [4.69, 9.17) is 15.3 Å². The van der Waals surface area contributed by atoms with Gasteiger partial charge in [-0.05, 0) is 12.1 Å². The fourth-order valence-electron chi connectivity index (χ4n) is 3.25. The van der Waals surface area contributed by atoms with Gasteiger partial charge < -0.3 is 25.7 Å². The maximum Gasteiger partial charge on any atom is 0.356 e. The largest absolute Gasteiger partial charge is 0.488 e. The molecule has 33 heavy (non-hydrogen) atoms. The maximum absolute atomic E-state index is 12.8. The summed E-state index contributed by atoms with van der Waals surface area (Å²) in [6, 6.07) is 4.34. The third-order valence-corrected chi connectivity index (χ3v) is 6.63. The Morgan fingerprint density at radius 2 is 2.24 bits per heavy atom. The number of hydrogen-bond acceptors (Lipinski definition) is 11. The van der Waals surface area contributed by atoms with E-state index in [0.717, 1.165) is 16.2 Å². The van der Waals surface area contributed by atoms with Crippen molar-refractivity contribution in [2.24, 2.45) is 5.16 Å². The predicted molar refractivity (Wildman–Crippen MR) is 119 cm³/mol. The average Bonchev–Trinajstić information content (AvgIpc) is 3.25. The van der Waals surface area contributed by atoms with Gasteiger partial charge in [-0.3, -0.25) is 19.5 Å². The first-order chi connectivity index (χ1) is 15.9. The van der Waals surface area contributed by atoms with Crippen LogP contribution >= 0.6 is 23.1 Å². The molecule has 0 spiro atoms. The van der Waals surface area contributed by atoms with Gasteiger partial charge in [-0.15, -0.1) is 23.1 Å². The van der Waals surface area contributed by atoms with Crippen molar-refractivity contribution < 1.29 is 29.1 Å². The monoisotopic (exact) mass is 490 g/mol. The van der Waals surface area contributed by atoms with Gasteiger partial charge in [-0.1, -0.05) is 11.2 Å². The average molecular weight is 491 g/mol. The predicted octanol–water partition coefficient (Wildman–Crippen LogP) is 0.384. The van der Waals surface area contributed by atoms with Crippen molar-refractivity contribution in [2.45, 2.75) is 18.0 Å². The van der Waals surface area contributed by atoms with Gasteiger partial charge in [0.25, 0.3) is 11.8 Å². The summed E-state index contributed by atoms with van der Waals surface area (Å²) >= 11 is 2.40. The number of hydrogen-bond donors (Lipinski definition) is 3. The van der Waals surface area contributed by atoms with E-state index >= 15 is 0 Å². The molecule has 1 saturated heterocycles. The minimum Gasteiger partial charge on any atom is -0.488 e. The van der Waals surface area contributed by atoms with E-state index < -0.39 is 29.2 Å². The third-order valence-electron chi connectivity index (χ3n) is 4.71. The van der Waals surface area contributed by atoms with Gasteiger partial charge in [0.2, 0.25) is 0 Å². The molecule has 4 N–H and O–H groups in total. The van der Waals surface area contributed by atoms with E-state index in [0.29, 0.717) is 5.69 Å². The van der Waals surface area contributed by atoms with Crippen LogP contribution in [0, 0.1) is 0 Å². The minimum atomic E-state index is -1.30. The second-order valence-corrected chi connectivity index (χ2v) is 8.74. The molecule has 2 atom stereocenters. The van der Waals surface area contributed by atoms with Crippen LogP contribution in [0.25, 0.3) is 0 Å². The fourth-order valence-corrected chi connectivity index (χ4v) is 5.07. The van der Waals surface area contributed by atoms with E-state index in [2.05, 4.69) is 20.4 Å². The van der Waals surface area contributed by atoms with Crippen LogP contribution in [0.15, 0.2) is 46.4 Å². The van der Waals surface area contributed by atoms with E-state index in [9.17, 15) is 19.5 Å². The van der Waals surface area contributed by atoms with Crippen LogP contribution in [-0.2, 0) is 30.6 Å². The number of nitrogens with two attached hydrogens (primary N) is 1. The number of thiazole rings is 1. The van der Waals surface area contributed by atoms with Crippen LogP contribution in [0.1, 0.15) is 11.4 Å². The number of rotatable bonds is 8. The van der Waals surface area contributed by atoms with Crippen LogP contribution in [-0.4, -0.2) is 67.7 Å². The summed E-state index contributed by atoms with van der Waals surface area (Å²) in [5, 5.41) is 17.2. The van der Waals surface area contributed by atoms with Crippen LogP contribution in [0.2, 0.25) is 0 Å². The van der Waals surface area contributed by atoms with Crippen molar-refractivity contribution in [3.63, 3.8) is 0 Å². The number of thioether (sulfide) groups is 1. The number of carboxylic acids is 1. The molecule has 0 bridgehead atoms. The standard InChI is InChI=1S/C19H18N6O6S2/c1-30-24-12(10-7-33-19(20)22-10)15(26)23-13-16(27)25-14(18(28)29)11(8-32-17(13)25)31-6-9-4-2-3-5-21-9/h2-5,7,13,17H,6,8H2,1H3,(H2,20,22)(H,23,26)(H,28,29)/t13-,17+/m1/s1. The Morgan fingerprint density at radius 3 is 2.88 bits per heavy atom. The number of β-lactam (4-membered cyclic amide) rings is 1. The zero-order valence-corrected chi connectivity index (χ0v) is 18.8. The second kappa shape index (κ2) is 9.46. The number of fused-ring (bicyclic) bond motifs is 1. The molecular weight excluding hydrogens is 472 g/mol. The van der Waals surface area contributed by atoms with Crippen molar-refractivity contribution in [1.29, 1.82) is 0 Å². The Balaban J connectivity index is 1.49. The highest BCUT2D eigenvalue weighted by molar-refractivity contribution is 8.00. The van der Waals surface area contributed by atoms with Gasteiger partial charge >= 0.3 is 5.97 Å². The number of carboxylic acid groups (broad SMARTS) is 1. The second-order valence-electron chi connectivity index (χ2n) is 6.74. The van der Waals surface area contributed by atoms with Crippen LogP contribution in [0.4, 0.5) is 5.13 Å². The zero-order valence-electron chi connectivity index (χ0n) is 17.1. The summed E-state index contributed by atoms with van der Waals surface area (Å²) in [5.74, 6) is -2.21. The molecule has 0 aliphatic carbocycles. The van der Waals surface area contributed by atoms with Crippen molar-refractivity contribution in [1.82, 2.24) is 20.2 Å². The summed E-state index contributed by atoms with van der Waals surface area (Å²) < 4.78 is 5.67. The number of aliphatic carboxylic acids is 1. The minimum absolute atomic E-state index is 0.0635. The lowest BCUT2D eigenvalue weighted by Crippen LogP contribution is -2.71. The summed E-state index contributed by atoms with van der Waals surface area (Å²) in [6.45, 7) is 0.0635. The number of carbonyl (C=O) groups excluding carboxylic acids is 2. The molecule has 0 radical (unpaired) electrons. The van der Waals surface area contributed by atoms with Gasteiger partial charge in [0.1, 0.15) is 36.6 Å². The van der Waals surface area contributed by atoms with E-state index in [-0.39, 0.29) is 40.4 Å². The SMILES string of the molecule is CON=C(C(=O)N[C@@H]1C(=O)N2C(C(=O)O)=C(OCc3ccccn3)CS[C@@H]12)c1csc(N)n1. The molecule has 0 unspecified atom stereocenters. The Morgan fingerprint density at radius 1 is 1.42 bits per heavy atom. The van der Waals surface area contributed by atoms with Crippen molar-refractivity contribution in [2.75, 3.05) is 18.6 Å². The van der Waals surface area contributed by atoms with Gasteiger partial charge in [0.05, 0.1) is 11.4 Å². The highest BCUT2D eigenvalue weighted by atomic mass is 32.2. The molecule has 0 aromatic carbocycles. The summed E-state index contributed by atoms with van der Waals surface area (Å²) in [5.41, 5.74) is 6.05. The van der Waals surface area contributed by atoms with Crippen molar-refractivity contribution >= 4 is 51.7 Å². The number of pyridine rings is 1. The molecule has 2 aromatic heterocycles. The number of oxime groups is 1. The molecule has 0 saturated carbocycles. The van der Waals surface area contributed by atoms with Gasteiger partial charge in [0.15, 0.2) is 16.5 Å². The molecule has 12 nitrogen and oxygen atoms in total. The number of nitrogens with one attached hydrogen (secondary N) is 1. The maximum atomic E-state index is 12.8. The highest BCUT2D eigenvalue weighted by Crippen LogP contribution is 2.40. The smallest absolute Gasteiger partial charge is 0.356 e. The molecule has 2 aliphatic heterocycles. The summed E-state index contributed by atoms with van der Waals surface area (Å²) in [6.07, 6.45) is 1.60. The molecule has 1 fully saturated rings. The number of carbonyl (C=O) groups is 3. The summed E-state index contributed by atoms with van der Waals surface area (Å²) in [7, 11) is 1.27. The third kappa shape index (κ3) is 4.47. The molecule has 172 valence electrons. The lowest BCUT2D eigenvalue weighted by atomic mass is 10.0. The van der Waals surface area contributed by atoms with Crippen LogP contribution in [0.5, 0.6) is 0 Å². The van der Waals surface area contributed by atoms with Crippen molar-refractivity contribution in [3.05, 3.63) is 52.6 Å². The Kier molecular flexibility index (Phi) is 6.46. The normalized spacial score (nSPS) is 20.1. The van der Waals surface area contributed by atoms with E-state index in [1.165, 1.54) is 24.3 Å². The van der Waals surface area contributed by atoms with Gasteiger partial charge in [0, 0.05) is 11.6 Å². The van der Waals surface area contributed by atoms with Gasteiger partial charge in [-0.2, -0.15) is 0 Å².